The number of ketones is 1. The molecule has 2 aromatic heterocycles. The van der Waals surface area contributed by atoms with Gasteiger partial charge in [-0.05, 0) is 40.2 Å². The summed E-state index contributed by atoms with van der Waals surface area (Å²) in [5.74, 6) is -0.475. The zero-order valence-electron chi connectivity index (χ0n) is 13.7. The van der Waals surface area contributed by atoms with Gasteiger partial charge in [-0.2, -0.15) is 0 Å². The molecule has 1 N–H and O–H groups in total. The zero-order chi connectivity index (χ0) is 17.1. The van der Waals surface area contributed by atoms with Crippen LogP contribution in [-0.2, 0) is 4.74 Å². The molecule has 0 unspecified atom stereocenters. The molecule has 0 saturated heterocycles. The van der Waals surface area contributed by atoms with Crippen LogP contribution in [0.15, 0.2) is 4.34 Å². The molecular weight excluding hydrogens is 334 g/mol. The van der Waals surface area contributed by atoms with Gasteiger partial charge in [0.15, 0.2) is 10.1 Å². The quantitative estimate of drug-likeness (QED) is 0.487. The standard InChI is InChI=1S/C15H19N3O3S2/c1-6-21-14(20)11-7(2)12(16-8(11)3)13(19)9(4)22-15-18-17-10(5)23-15/h9,16H,6H2,1-5H3/t9-/m0/s1. The van der Waals surface area contributed by atoms with E-state index in [0.29, 0.717) is 29.1 Å². The molecule has 0 fully saturated rings. The summed E-state index contributed by atoms with van der Waals surface area (Å²) in [6.07, 6.45) is 0. The first kappa shape index (κ1) is 17.7. The molecule has 0 saturated carbocycles. The number of ether oxygens (including phenoxy) is 1. The molecule has 1 atom stereocenters. The van der Waals surface area contributed by atoms with Crippen LogP contribution >= 0.6 is 23.1 Å². The number of aryl methyl sites for hydroxylation is 2. The van der Waals surface area contributed by atoms with Crippen molar-refractivity contribution in [2.45, 2.75) is 44.2 Å². The van der Waals surface area contributed by atoms with E-state index < -0.39 is 5.97 Å². The van der Waals surface area contributed by atoms with Crippen molar-refractivity contribution < 1.29 is 14.3 Å². The van der Waals surface area contributed by atoms with Gasteiger partial charge in [-0.3, -0.25) is 4.79 Å². The number of aromatic amines is 1. The van der Waals surface area contributed by atoms with Gasteiger partial charge in [0, 0.05) is 5.69 Å². The molecule has 0 amide bonds. The van der Waals surface area contributed by atoms with Gasteiger partial charge in [0.1, 0.15) is 5.01 Å². The van der Waals surface area contributed by atoms with Gasteiger partial charge in [0.2, 0.25) is 0 Å². The molecule has 6 nitrogen and oxygen atoms in total. The minimum absolute atomic E-state index is 0.0704. The minimum Gasteiger partial charge on any atom is -0.462 e. The molecule has 2 rings (SSSR count). The van der Waals surface area contributed by atoms with Gasteiger partial charge in [-0.15, -0.1) is 10.2 Å². The van der Waals surface area contributed by atoms with Gasteiger partial charge in [0.05, 0.1) is 23.1 Å². The van der Waals surface area contributed by atoms with Crippen molar-refractivity contribution in [3.63, 3.8) is 0 Å². The fraction of sp³-hybridized carbons (Fsp3) is 0.467. The third kappa shape index (κ3) is 3.81. The van der Waals surface area contributed by atoms with Crippen LogP contribution < -0.4 is 0 Å². The second-order valence-electron chi connectivity index (χ2n) is 5.06. The third-order valence-electron chi connectivity index (χ3n) is 3.32. The van der Waals surface area contributed by atoms with Crippen LogP contribution in [0.5, 0.6) is 0 Å². The van der Waals surface area contributed by atoms with Crippen molar-refractivity contribution in [3.05, 3.63) is 27.5 Å². The highest BCUT2D eigenvalue weighted by atomic mass is 32.2. The number of hydrogen-bond acceptors (Lipinski definition) is 7. The second-order valence-corrected chi connectivity index (χ2v) is 7.83. The smallest absolute Gasteiger partial charge is 0.340 e. The lowest BCUT2D eigenvalue weighted by Crippen LogP contribution is -2.15. The number of rotatable bonds is 6. The van der Waals surface area contributed by atoms with Crippen molar-refractivity contribution in [2.75, 3.05) is 6.61 Å². The Bertz CT molecular complexity index is 736. The molecule has 8 heteroatoms. The Morgan fingerprint density at radius 2 is 2.00 bits per heavy atom. The maximum Gasteiger partial charge on any atom is 0.340 e. The number of thioether (sulfide) groups is 1. The van der Waals surface area contributed by atoms with Gasteiger partial charge >= 0.3 is 5.97 Å². The number of hydrogen-bond donors (Lipinski definition) is 1. The van der Waals surface area contributed by atoms with Crippen LogP contribution in [0.3, 0.4) is 0 Å². The highest BCUT2D eigenvalue weighted by Gasteiger charge is 2.26. The molecule has 0 aliphatic rings. The van der Waals surface area contributed by atoms with E-state index in [1.807, 2.05) is 13.8 Å². The molecule has 2 heterocycles. The molecular formula is C15H19N3O3S2. The Balaban J connectivity index is 2.22. The average Bonchev–Trinajstić information content (AvgIpc) is 3.01. The van der Waals surface area contributed by atoms with Crippen molar-refractivity contribution in [3.8, 4) is 0 Å². The molecule has 0 aliphatic heterocycles. The van der Waals surface area contributed by atoms with E-state index in [1.165, 1.54) is 23.1 Å². The van der Waals surface area contributed by atoms with E-state index in [-0.39, 0.29) is 11.0 Å². The van der Waals surface area contributed by atoms with Gasteiger partial charge < -0.3 is 9.72 Å². The number of nitrogens with one attached hydrogen (secondary N) is 1. The Hall–Kier alpha value is -1.67. The fourth-order valence-electron chi connectivity index (χ4n) is 2.24. The largest absolute Gasteiger partial charge is 0.462 e. The molecule has 2 aromatic rings. The first-order valence-corrected chi connectivity index (χ1v) is 8.92. The third-order valence-corrected chi connectivity index (χ3v) is 5.34. The molecule has 0 aromatic carbocycles. The van der Waals surface area contributed by atoms with Gasteiger partial charge in [-0.1, -0.05) is 23.1 Å². The van der Waals surface area contributed by atoms with Crippen molar-refractivity contribution in [1.29, 1.82) is 0 Å². The number of esters is 1. The average molecular weight is 353 g/mol. The molecule has 0 bridgehead atoms. The SMILES string of the molecule is CCOC(=O)c1c(C)[nH]c(C(=O)[C@H](C)Sc2nnc(C)s2)c1C. The first-order valence-electron chi connectivity index (χ1n) is 7.22. The molecule has 23 heavy (non-hydrogen) atoms. The summed E-state index contributed by atoms with van der Waals surface area (Å²) in [5.41, 5.74) is 2.17. The predicted molar refractivity (Wildman–Crippen MR) is 90.5 cm³/mol. The first-order chi connectivity index (χ1) is 10.8. The second kappa shape index (κ2) is 7.27. The Kier molecular flexibility index (Phi) is 5.59. The van der Waals surface area contributed by atoms with Crippen LogP contribution in [0, 0.1) is 20.8 Å². The van der Waals surface area contributed by atoms with Crippen LogP contribution in [-0.4, -0.2) is 38.8 Å². The summed E-state index contributed by atoms with van der Waals surface area (Å²) < 4.78 is 5.81. The maximum absolute atomic E-state index is 12.7. The Morgan fingerprint density at radius 1 is 1.30 bits per heavy atom. The number of H-pyrrole nitrogens is 1. The van der Waals surface area contributed by atoms with Crippen LogP contribution in [0.4, 0.5) is 0 Å². The van der Waals surface area contributed by atoms with Gasteiger partial charge in [0.25, 0.3) is 0 Å². The number of aromatic nitrogens is 3. The number of carbonyl (C=O) groups excluding carboxylic acids is 2. The number of Topliss-reactive ketones (excluding diaryl/α,β-unsaturated/α-hetero) is 1. The predicted octanol–water partition coefficient (Wildman–Crippen LogP) is 3.33. The number of carbonyl (C=O) groups is 2. The molecule has 124 valence electrons. The summed E-state index contributed by atoms with van der Waals surface area (Å²) >= 11 is 2.83. The van der Waals surface area contributed by atoms with Crippen LogP contribution in [0.2, 0.25) is 0 Å². The summed E-state index contributed by atoms with van der Waals surface area (Å²) in [6.45, 7) is 9.28. The van der Waals surface area contributed by atoms with E-state index in [1.54, 1.807) is 20.8 Å². The maximum atomic E-state index is 12.7. The van der Waals surface area contributed by atoms with E-state index >= 15 is 0 Å². The summed E-state index contributed by atoms with van der Waals surface area (Å²) in [5, 5.41) is 8.51. The molecule has 0 spiro atoms. The Labute approximate surface area is 143 Å². The molecule has 0 aliphatic carbocycles. The van der Waals surface area contributed by atoms with Gasteiger partial charge in [-0.25, -0.2) is 4.79 Å². The number of nitrogens with zero attached hydrogens (tertiary/aromatic N) is 2. The van der Waals surface area contributed by atoms with Crippen molar-refractivity contribution in [1.82, 2.24) is 15.2 Å². The van der Waals surface area contributed by atoms with E-state index in [4.69, 9.17) is 4.74 Å². The lowest BCUT2D eigenvalue weighted by molar-refractivity contribution is 0.0525. The fourth-order valence-corrected chi connectivity index (χ4v) is 4.26. The Morgan fingerprint density at radius 3 is 2.57 bits per heavy atom. The van der Waals surface area contributed by atoms with Crippen molar-refractivity contribution in [2.24, 2.45) is 0 Å². The normalized spacial score (nSPS) is 12.2. The monoisotopic (exact) mass is 353 g/mol. The van der Waals surface area contributed by atoms with Crippen molar-refractivity contribution >= 4 is 34.9 Å². The molecule has 0 radical (unpaired) electrons. The summed E-state index contributed by atoms with van der Waals surface area (Å²) in [6, 6.07) is 0. The van der Waals surface area contributed by atoms with E-state index in [0.717, 1.165) is 9.35 Å². The minimum atomic E-state index is -0.405. The lowest BCUT2D eigenvalue weighted by atomic mass is 10.1. The lowest BCUT2D eigenvalue weighted by Gasteiger charge is -2.07. The topological polar surface area (TPSA) is 84.9 Å². The summed E-state index contributed by atoms with van der Waals surface area (Å²) in [4.78, 5) is 27.7. The van der Waals surface area contributed by atoms with Crippen LogP contribution in [0.1, 0.15) is 51.0 Å². The zero-order valence-corrected chi connectivity index (χ0v) is 15.4. The summed E-state index contributed by atoms with van der Waals surface area (Å²) in [7, 11) is 0. The van der Waals surface area contributed by atoms with Crippen LogP contribution in [0.25, 0.3) is 0 Å². The van der Waals surface area contributed by atoms with E-state index in [2.05, 4.69) is 15.2 Å². The highest BCUT2D eigenvalue weighted by Crippen LogP contribution is 2.29. The van der Waals surface area contributed by atoms with E-state index in [9.17, 15) is 9.59 Å². The highest BCUT2D eigenvalue weighted by molar-refractivity contribution is 8.02.